The second-order valence-corrected chi connectivity index (χ2v) is 8.92. The first-order valence-electron chi connectivity index (χ1n) is 8.45. The van der Waals surface area contributed by atoms with Crippen LogP contribution in [0, 0.1) is 5.82 Å². The van der Waals surface area contributed by atoms with Gasteiger partial charge in [0.25, 0.3) is 5.91 Å². The van der Waals surface area contributed by atoms with E-state index < -0.39 is 50.3 Å². The van der Waals surface area contributed by atoms with Crippen molar-refractivity contribution in [3.05, 3.63) is 29.6 Å². The smallest absolute Gasteiger partial charge is 0.338 e. The molecule has 0 spiro atoms. The van der Waals surface area contributed by atoms with E-state index in [1.165, 1.54) is 6.92 Å². The Balaban J connectivity index is 2.20. The van der Waals surface area contributed by atoms with Gasteiger partial charge in [-0.3, -0.25) is 9.69 Å². The van der Waals surface area contributed by atoms with Crippen molar-refractivity contribution < 1.29 is 31.9 Å². The molecule has 1 aliphatic rings. The van der Waals surface area contributed by atoms with Gasteiger partial charge in [0, 0.05) is 18.6 Å². The molecule has 1 aliphatic heterocycles. The Bertz CT molecular complexity index is 910. The molecule has 0 unspecified atom stereocenters. The molecule has 1 aromatic rings. The number of halogens is 1. The third kappa shape index (κ3) is 5.04. The van der Waals surface area contributed by atoms with E-state index in [0.717, 1.165) is 23.1 Å². The molecule has 1 aromatic carbocycles. The van der Waals surface area contributed by atoms with E-state index in [4.69, 9.17) is 4.74 Å². The summed E-state index contributed by atoms with van der Waals surface area (Å²) in [5.41, 5.74) is -1.11. The van der Waals surface area contributed by atoms with Gasteiger partial charge in [0.05, 0.1) is 5.56 Å². The second kappa shape index (κ2) is 7.84. The third-order valence-electron chi connectivity index (χ3n) is 3.65. The van der Waals surface area contributed by atoms with Gasteiger partial charge in [-0.1, -0.05) is 0 Å². The number of benzene rings is 1. The fourth-order valence-corrected chi connectivity index (χ4v) is 4.00. The Labute approximate surface area is 162 Å². The maximum atomic E-state index is 14.1. The minimum absolute atomic E-state index is 0.150. The molecule has 2 N–H and O–H groups in total. The van der Waals surface area contributed by atoms with Gasteiger partial charge in [0.2, 0.25) is 10.0 Å². The van der Waals surface area contributed by atoms with Crippen molar-refractivity contribution in [2.24, 2.45) is 0 Å². The van der Waals surface area contributed by atoms with Gasteiger partial charge in [0.15, 0.2) is 6.10 Å². The largest absolute Gasteiger partial charge is 0.449 e. The van der Waals surface area contributed by atoms with Crippen LogP contribution in [-0.2, 0) is 19.6 Å². The van der Waals surface area contributed by atoms with Crippen LogP contribution in [0.25, 0.3) is 0 Å². The number of carbonyl (C=O) groups is 3. The van der Waals surface area contributed by atoms with Gasteiger partial charge in [0.1, 0.15) is 10.7 Å². The van der Waals surface area contributed by atoms with E-state index in [1.54, 1.807) is 20.8 Å². The van der Waals surface area contributed by atoms with E-state index in [2.05, 4.69) is 10.0 Å². The summed E-state index contributed by atoms with van der Waals surface area (Å²) in [5.74, 6) is -2.77. The highest BCUT2D eigenvalue weighted by molar-refractivity contribution is 7.89. The van der Waals surface area contributed by atoms with Crippen molar-refractivity contribution >= 4 is 27.9 Å². The molecule has 0 aliphatic carbocycles. The molecule has 1 saturated heterocycles. The van der Waals surface area contributed by atoms with E-state index in [-0.39, 0.29) is 12.1 Å². The molecule has 3 amide bonds. The molecule has 28 heavy (non-hydrogen) atoms. The van der Waals surface area contributed by atoms with E-state index in [9.17, 15) is 27.2 Å². The number of carbonyl (C=O) groups excluding carboxylic acids is 3. The summed E-state index contributed by atoms with van der Waals surface area (Å²) >= 11 is 0. The predicted molar refractivity (Wildman–Crippen MR) is 96.5 cm³/mol. The Morgan fingerprint density at radius 3 is 2.50 bits per heavy atom. The maximum absolute atomic E-state index is 14.1. The van der Waals surface area contributed by atoms with E-state index in [1.807, 2.05) is 0 Å². The van der Waals surface area contributed by atoms with Gasteiger partial charge in [-0.25, -0.2) is 27.1 Å². The number of rotatable bonds is 5. The molecule has 0 aromatic heterocycles. The molecular formula is C17H22FN3O6S. The van der Waals surface area contributed by atoms with Crippen LogP contribution >= 0.6 is 0 Å². The van der Waals surface area contributed by atoms with Crippen molar-refractivity contribution in [1.29, 1.82) is 0 Å². The number of ether oxygens (including phenoxy) is 1. The van der Waals surface area contributed by atoms with Crippen molar-refractivity contribution in [3.8, 4) is 0 Å². The first-order chi connectivity index (χ1) is 12.8. The molecule has 1 heterocycles. The number of urea groups is 1. The van der Waals surface area contributed by atoms with Crippen LogP contribution in [0.3, 0.4) is 0 Å². The average molecular weight is 415 g/mol. The van der Waals surface area contributed by atoms with Crippen LogP contribution in [0.2, 0.25) is 0 Å². The monoisotopic (exact) mass is 415 g/mol. The van der Waals surface area contributed by atoms with Gasteiger partial charge >= 0.3 is 12.0 Å². The summed E-state index contributed by atoms with van der Waals surface area (Å²) < 4.78 is 46.1. The topological polar surface area (TPSA) is 122 Å². The molecule has 0 bridgehead atoms. The highest BCUT2D eigenvalue weighted by Gasteiger charge is 2.32. The predicted octanol–water partition coefficient (Wildman–Crippen LogP) is 1.000. The Morgan fingerprint density at radius 1 is 1.32 bits per heavy atom. The highest BCUT2D eigenvalue weighted by atomic mass is 32.2. The molecule has 1 atom stereocenters. The number of hydrogen-bond donors (Lipinski definition) is 2. The SMILES string of the molecule is C[C@H](OC(=O)c1ccc(F)c(S(=O)(=O)NC(C)(C)C)c1)C(=O)N1CCNC1=O. The molecule has 1 fully saturated rings. The number of amides is 3. The minimum atomic E-state index is -4.23. The second-order valence-electron chi connectivity index (χ2n) is 7.27. The van der Waals surface area contributed by atoms with Crippen molar-refractivity contribution in [1.82, 2.24) is 14.9 Å². The first-order valence-corrected chi connectivity index (χ1v) is 9.94. The van der Waals surface area contributed by atoms with Crippen LogP contribution in [0.4, 0.5) is 9.18 Å². The number of imide groups is 1. The van der Waals surface area contributed by atoms with Crippen LogP contribution < -0.4 is 10.0 Å². The summed E-state index contributed by atoms with van der Waals surface area (Å²) in [4.78, 5) is 36.2. The zero-order valence-electron chi connectivity index (χ0n) is 15.9. The number of esters is 1. The van der Waals surface area contributed by atoms with Crippen LogP contribution in [0.15, 0.2) is 23.1 Å². The summed E-state index contributed by atoms with van der Waals surface area (Å²) in [5, 5.41) is 2.45. The van der Waals surface area contributed by atoms with Gasteiger partial charge in [-0.15, -0.1) is 0 Å². The lowest BCUT2D eigenvalue weighted by molar-refractivity contribution is -0.136. The molecular weight excluding hydrogens is 393 g/mol. The Kier molecular flexibility index (Phi) is 6.09. The average Bonchev–Trinajstić information content (AvgIpc) is 2.97. The minimum Gasteiger partial charge on any atom is -0.449 e. The number of sulfonamides is 1. The van der Waals surface area contributed by atoms with Gasteiger partial charge in [-0.05, 0) is 45.9 Å². The summed E-state index contributed by atoms with van der Waals surface area (Å²) in [7, 11) is -4.23. The lowest BCUT2D eigenvalue weighted by Gasteiger charge is -2.21. The van der Waals surface area contributed by atoms with Crippen LogP contribution in [-0.4, -0.2) is 56.0 Å². The van der Waals surface area contributed by atoms with E-state index in [0.29, 0.717) is 6.54 Å². The summed E-state index contributed by atoms with van der Waals surface area (Å²) in [6.07, 6.45) is -1.28. The Hall–Kier alpha value is -2.53. The molecule has 9 nitrogen and oxygen atoms in total. The lowest BCUT2D eigenvalue weighted by Crippen LogP contribution is -2.42. The Morgan fingerprint density at radius 2 is 1.96 bits per heavy atom. The third-order valence-corrected chi connectivity index (χ3v) is 5.42. The number of hydrogen-bond acceptors (Lipinski definition) is 6. The summed E-state index contributed by atoms with van der Waals surface area (Å²) in [6.45, 7) is 6.49. The quantitative estimate of drug-likeness (QED) is 0.692. The van der Waals surface area contributed by atoms with Gasteiger partial charge in [-0.2, -0.15) is 0 Å². The lowest BCUT2D eigenvalue weighted by atomic mass is 10.1. The van der Waals surface area contributed by atoms with Crippen molar-refractivity contribution in [2.45, 2.75) is 44.2 Å². The van der Waals surface area contributed by atoms with Gasteiger partial charge < -0.3 is 10.1 Å². The van der Waals surface area contributed by atoms with Crippen LogP contribution in [0.1, 0.15) is 38.1 Å². The van der Waals surface area contributed by atoms with Crippen LogP contribution in [0.5, 0.6) is 0 Å². The number of nitrogens with one attached hydrogen (secondary N) is 2. The first kappa shape index (κ1) is 21.8. The summed E-state index contributed by atoms with van der Waals surface area (Å²) in [6, 6.07) is 2.13. The maximum Gasteiger partial charge on any atom is 0.338 e. The molecule has 0 radical (unpaired) electrons. The molecule has 0 saturated carbocycles. The van der Waals surface area contributed by atoms with Crippen molar-refractivity contribution in [3.63, 3.8) is 0 Å². The fourth-order valence-electron chi connectivity index (χ4n) is 2.47. The standard InChI is InChI=1S/C17H22FN3O6S/c1-10(14(22)21-8-7-19-16(21)24)27-15(23)11-5-6-12(18)13(9-11)28(25,26)20-17(2,3)4/h5-6,9-10,20H,7-8H2,1-4H3,(H,19,24)/t10-/m0/s1. The van der Waals surface area contributed by atoms with Crippen molar-refractivity contribution in [2.75, 3.05) is 13.1 Å². The zero-order valence-corrected chi connectivity index (χ0v) is 16.7. The highest BCUT2D eigenvalue weighted by Crippen LogP contribution is 2.19. The van der Waals surface area contributed by atoms with E-state index >= 15 is 0 Å². The fraction of sp³-hybridized carbons (Fsp3) is 0.471. The number of nitrogens with zero attached hydrogens (tertiary/aromatic N) is 1. The normalized spacial score (nSPS) is 15.9. The molecule has 2 rings (SSSR count). The zero-order chi connectivity index (χ0) is 21.3. The molecule has 154 valence electrons. The molecule has 11 heteroatoms.